The predicted molar refractivity (Wildman–Crippen MR) is 207 cm³/mol. The lowest BCUT2D eigenvalue weighted by molar-refractivity contribution is 1.13. The van der Waals surface area contributed by atoms with Crippen molar-refractivity contribution in [1.82, 2.24) is 9.13 Å². The summed E-state index contributed by atoms with van der Waals surface area (Å²) in [7, 11) is 0. The maximum atomic E-state index is 2.41. The molecule has 3 heteroatoms. The van der Waals surface area contributed by atoms with E-state index in [1.165, 1.54) is 59.9 Å². The van der Waals surface area contributed by atoms with Crippen LogP contribution < -0.4 is 4.90 Å². The van der Waals surface area contributed by atoms with Gasteiger partial charge in [-0.3, -0.25) is 0 Å². The first-order valence-corrected chi connectivity index (χ1v) is 16.8. The Kier molecular flexibility index (Phi) is 6.18. The SMILES string of the molecule is c1ccc(-n2ccc3c4c5ccccc5n(-c5ccc(N(c6ccc7ccccc7c6)c6ccc7ccccc7c6)cc5)c4ccc32)cc1. The number of hydrogen-bond acceptors (Lipinski definition) is 1. The lowest BCUT2D eigenvalue weighted by Crippen LogP contribution is -2.10. The molecular formula is C46H31N3. The van der Waals surface area contributed by atoms with Gasteiger partial charge in [0.25, 0.3) is 0 Å². The zero-order chi connectivity index (χ0) is 32.3. The van der Waals surface area contributed by atoms with E-state index in [0.717, 1.165) is 22.7 Å². The van der Waals surface area contributed by atoms with Crippen LogP contribution in [0.3, 0.4) is 0 Å². The molecule has 49 heavy (non-hydrogen) atoms. The van der Waals surface area contributed by atoms with Gasteiger partial charge in [0.2, 0.25) is 0 Å². The third-order valence-electron chi connectivity index (χ3n) is 9.89. The zero-order valence-electron chi connectivity index (χ0n) is 26.7. The van der Waals surface area contributed by atoms with Crippen molar-refractivity contribution in [2.45, 2.75) is 0 Å². The number of para-hydroxylation sites is 2. The molecule has 0 atom stereocenters. The van der Waals surface area contributed by atoms with Crippen molar-refractivity contribution in [2.24, 2.45) is 0 Å². The van der Waals surface area contributed by atoms with Gasteiger partial charge in [0, 0.05) is 50.8 Å². The third-order valence-corrected chi connectivity index (χ3v) is 9.89. The molecule has 0 bridgehead atoms. The van der Waals surface area contributed by atoms with Gasteiger partial charge in [0.1, 0.15) is 0 Å². The highest BCUT2D eigenvalue weighted by molar-refractivity contribution is 6.21. The minimum absolute atomic E-state index is 1.11. The van der Waals surface area contributed by atoms with Crippen LogP contribution in [0.2, 0.25) is 0 Å². The van der Waals surface area contributed by atoms with Crippen LogP contribution in [0.4, 0.5) is 17.1 Å². The first-order valence-electron chi connectivity index (χ1n) is 16.8. The number of hydrogen-bond donors (Lipinski definition) is 0. The smallest absolute Gasteiger partial charge is 0.0548 e. The van der Waals surface area contributed by atoms with E-state index in [-0.39, 0.29) is 0 Å². The number of rotatable bonds is 5. The lowest BCUT2D eigenvalue weighted by Gasteiger charge is -2.26. The van der Waals surface area contributed by atoms with Gasteiger partial charge >= 0.3 is 0 Å². The Bertz CT molecular complexity index is 2740. The molecule has 0 spiro atoms. The van der Waals surface area contributed by atoms with Gasteiger partial charge in [-0.05, 0) is 106 Å². The Morgan fingerprint density at radius 1 is 0.347 bits per heavy atom. The molecule has 0 amide bonds. The topological polar surface area (TPSA) is 13.1 Å². The van der Waals surface area contributed by atoms with E-state index in [1.807, 2.05) is 0 Å². The molecule has 0 aliphatic carbocycles. The van der Waals surface area contributed by atoms with Crippen LogP contribution in [0.25, 0.3) is 65.6 Å². The number of fused-ring (bicyclic) bond motifs is 7. The highest BCUT2D eigenvalue weighted by Gasteiger charge is 2.18. The minimum Gasteiger partial charge on any atom is -0.317 e. The Morgan fingerprint density at radius 2 is 0.898 bits per heavy atom. The molecule has 230 valence electrons. The normalized spacial score (nSPS) is 11.7. The second-order valence-corrected chi connectivity index (χ2v) is 12.7. The molecule has 0 fully saturated rings. The average molecular weight is 626 g/mol. The van der Waals surface area contributed by atoms with E-state index >= 15 is 0 Å². The van der Waals surface area contributed by atoms with Crippen molar-refractivity contribution in [3.63, 3.8) is 0 Å². The molecule has 0 aliphatic rings. The van der Waals surface area contributed by atoms with Crippen molar-refractivity contribution in [1.29, 1.82) is 0 Å². The number of aromatic nitrogens is 2. The molecule has 0 saturated heterocycles. The van der Waals surface area contributed by atoms with Crippen LogP contribution in [0.1, 0.15) is 0 Å². The molecule has 0 saturated carbocycles. The quantitative estimate of drug-likeness (QED) is 0.185. The second-order valence-electron chi connectivity index (χ2n) is 12.7. The van der Waals surface area contributed by atoms with E-state index < -0.39 is 0 Å². The van der Waals surface area contributed by atoms with E-state index in [4.69, 9.17) is 0 Å². The van der Waals surface area contributed by atoms with Gasteiger partial charge in [-0.15, -0.1) is 0 Å². The van der Waals surface area contributed by atoms with Crippen LogP contribution in [0, 0.1) is 0 Å². The number of benzene rings is 8. The predicted octanol–water partition coefficient (Wildman–Crippen LogP) is 12.5. The van der Waals surface area contributed by atoms with Crippen molar-refractivity contribution in [3.05, 3.63) is 188 Å². The van der Waals surface area contributed by atoms with Crippen LogP contribution in [-0.2, 0) is 0 Å². The highest BCUT2D eigenvalue weighted by atomic mass is 15.1. The van der Waals surface area contributed by atoms with Crippen molar-refractivity contribution >= 4 is 71.3 Å². The summed E-state index contributed by atoms with van der Waals surface area (Å²) in [6.45, 7) is 0. The molecular weight excluding hydrogens is 595 g/mol. The van der Waals surface area contributed by atoms with Crippen LogP contribution >= 0.6 is 0 Å². The van der Waals surface area contributed by atoms with Crippen LogP contribution in [0.15, 0.2) is 188 Å². The van der Waals surface area contributed by atoms with E-state index in [9.17, 15) is 0 Å². The molecule has 0 radical (unpaired) electrons. The van der Waals surface area contributed by atoms with Gasteiger partial charge < -0.3 is 14.0 Å². The summed E-state index contributed by atoms with van der Waals surface area (Å²) in [4.78, 5) is 2.37. The van der Waals surface area contributed by atoms with E-state index in [2.05, 4.69) is 202 Å². The van der Waals surface area contributed by atoms with Gasteiger partial charge in [-0.1, -0.05) is 97.1 Å². The maximum absolute atomic E-state index is 2.41. The standard InChI is InChI=1S/C46H31N3/c1-2-14-36(15-3-1)47-29-28-42-43(47)26-27-45-46(42)41-16-8-9-17-44(41)49(45)38-24-22-37(23-25-38)48(39-20-18-32-10-4-6-12-34(32)30-39)40-21-19-33-11-5-7-13-35(33)31-40/h1-31H. The fourth-order valence-corrected chi connectivity index (χ4v) is 7.61. The number of anilines is 3. The molecule has 10 aromatic rings. The first-order chi connectivity index (χ1) is 24.3. The lowest BCUT2D eigenvalue weighted by atomic mass is 10.1. The summed E-state index contributed by atoms with van der Waals surface area (Å²) in [6, 6.07) is 65.8. The average Bonchev–Trinajstić information content (AvgIpc) is 3.75. The van der Waals surface area contributed by atoms with Gasteiger partial charge in [0.05, 0.1) is 16.6 Å². The monoisotopic (exact) mass is 625 g/mol. The zero-order valence-corrected chi connectivity index (χ0v) is 26.7. The largest absolute Gasteiger partial charge is 0.317 e. The molecule has 0 unspecified atom stereocenters. The fourth-order valence-electron chi connectivity index (χ4n) is 7.61. The number of nitrogens with zero attached hydrogens (tertiary/aromatic N) is 3. The van der Waals surface area contributed by atoms with Gasteiger partial charge in [0.15, 0.2) is 0 Å². The molecule has 0 N–H and O–H groups in total. The summed E-state index contributed by atoms with van der Waals surface area (Å²) < 4.78 is 4.69. The van der Waals surface area contributed by atoms with Crippen LogP contribution in [0.5, 0.6) is 0 Å². The summed E-state index contributed by atoms with van der Waals surface area (Å²) in [5, 5.41) is 8.71. The molecule has 8 aromatic carbocycles. The fraction of sp³-hybridized carbons (Fsp3) is 0. The Balaban J connectivity index is 1.14. The summed E-state index contributed by atoms with van der Waals surface area (Å²) >= 11 is 0. The van der Waals surface area contributed by atoms with Crippen molar-refractivity contribution < 1.29 is 0 Å². The minimum atomic E-state index is 1.11. The van der Waals surface area contributed by atoms with Crippen LogP contribution in [-0.4, -0.2) is 9.13 Å². The highest BCUT2D eigenvalue weighted by Crippen LogP contribution is 2.40. The molecule has 10 rings (SSSR count). The van der Waals surface area contributed by atoms with Gasteiger partial charge in [-0.2, -0.15) is 0 Å². The molecule has 2 aromatic heterocycles. The van der Waals surface area contributed by atoms with E-state index in [0.29, 0.717) is 0 Å². The second kappa shape index (κ2) is 11.0. The van der Waals surface area contributed by atoms with E-state index in [1.54, 1.807) is 0 Å². The molecule has 0 aliphatic heterocycles. The Morgan fingerprint density at radius 3 is 1.59 bits per heavy atom. The molecule has 2 heterocycles. The maximum Gasteiger partial charge on any atom is 0.0548 e. The van der Waals surface area contributed by atoms with Gasteiger partial charge in [-0.25, -0.2) is 0 Å². The van der Waals surface area contributed by atoms with Crippen molar-refractivity contribution in [2.75, 3.05) is 4.90 Å². The summed E-state index contributed by atoms with van der Waals surface area (Å²) in [5.74, 6) is 0. The third kappa shape index (κ3) is 4.44. The summed E-state index contributed by atoms with van der Waals surface area (Å²) in [6.07, 6.45) is 2.19. The van der Waals surface area contributed by atoms with Crippen molar-refractivity contribution in [3.8, 4) is 11.4 Å². The Hall–Kier alpha value is -6.58. The Labute approximate surface area is 284 Å². The summed E-state index contributed by atoms with van der Waals surface area (Å²) in [5.41, 5.74) is 9.27. The first kappa shape index (κ1) is 27.5. The molecule has 3 nitrogen and oxygen atoms in total.